The van der Waals surface area contributed by atoms with Crippen molar-refractivity contribution < 1.29 is 17.9 Å². The SMILES string of the molecule is CCN(CC(F)(F)F)c1ncccc1CNCCOC. The Kier molecular flexibility index (Phi) is 6.74. The summed E-state index contributed by atoms with van der Waals surface area (Å²) in [6, 6.07) is 3.50. The van der Waals surface area contributed by atoms with Gasteiger partial charge in [0, 0.05) is 38.5 Å². The van der Waals surface area contributed by atoms with E-state index < -0.39 is 12.7 Å². The number of hydrogen-bond donors (Lipinski definition) is 1. The monoisotopic (exact) mass is 291 g/mol. The van der Waals surface area contributed by atoms with Gasteiger partial charge in [0.2, 0.25) is 0 Å². The molecule has 1 rings (SSSR count). The topological polar surface area (TPSA) is 37.4 Å². The van der Waals surface area contributed by atoms with Crippen molar-refractivity contribution in [1.82, 2.24) is 10.3 Å². The Bertz CT molecular complexity index is 399. The molecule has 0 aromatic carbocycles. The van der Waals surface area contributed by atoms with Gasteiger partial charge in [0.05, 0.1) is 6.61 Å². The third kappa shape index (κ3) is 5.75. The normalized spacial score (nSPS) is 11.7. The van der Waals surface area contributed by atoms with Crippen LogP contribution in [0.5, 0.6) is 0 Å². The largest absolute Gasteiger partial charge is 0.405 e. The fourth-order valence-electron chi connectivity index (χ4n) is 1.80. The molecule has 7 heteroatoms. The van der Waals surface area contributed by atoms with Crippen molar-refractivity contribution >= 4 is 5.82 Å². The first kappa shape index (κ1) is 16.7. The summed E-state index contributed by atoms with van der Waals surface area (Å²) in [5.74, 6) is 0.372. The van der Waals surface area contributed by atoms with Gasteiger partial charge in [-0.1, -0.05) is 6.07 Å². The Hall–Kier alpha value is -1.34. The zero-order valence-corrected chi connectivity index (χ0v) is 11.7. The molecule has 0 aliphatic carbocycles. The van der Waals surface area contributed by atoms with Gasteiger partial charge in [0.15, 0.2) is 0 Å². The maximum atomic E-state index is 12.6. The number of pyridine rings is 1. The highest BCUT2D eigenvalue weighted by Crippen LogP contribution is 2.23. The van der Waals surface area contributed by atoms with Crippen LogP contribution in [0.3, 0.4) is 0 Å². The van der Waals surface area contributed by atoms with Gasteiger partial charge in [0.25, 0.3) is 0 Å². The highest BCUT2D eigenvalue weighted by Gasteiger charge is 2.31. The van der Waals surface area contributed by atoms with Crippen LogP contribution in [0.4, 0.5) is 19.0 Å². The Morgan fingerprint density at radius 2 is 2.15 bits per heavy atom. The molecule has 0 unspecified atom stereocenters. The number of halogens is 3. The lowest BCUT2D eigenvalue weighted by Crippen LogP contribution is -2.35. The zero-order chi connectivity index (χ0) is 15.0. The van der Waals surface area contributed by atoms with E-state index in [4.69, 9.17) is 4.74 Å². The molecule has 4 nitrogen and oxygen atoms in total. The van der Waals surface area contributed by atoms with Gasteiger partial charge in [-0.05, 0) is 13.0 Å². The standard InChI is InChI=1S/C13H20F3N3O/c1-3-19(10-13(14,15)16)12-11(5-4-6-18-12)9-17-7-8-20-2/h4-6,17H,3,7-10H2,1-2H3. The molecular formula is C13H20F3N3O. The zero-order valence-electron chi connectivity index (χ0n) is 11.7. The number of nitrogens with one attached hydrogen (secondary N) is 1. The molecule has 1 aromatic rings. The summed E-state index contributed by atoms with van der Waals surface area (Å²) in [5, 5.41) is 3.11. The number of rotatable bonds is 8. The lowest BCUT2D eigenvalue weighted by Gasteiger charge is -2.25. The van der Waals surface area contributed by atoms with Gasteiger partial charge in [-0.2, -0.15) is 13.2 Å². The van der Waals surface area contributed by atoms with Crippen LogP contribution in [0.25, 0.3) is 0 Å². The van der Waals surface area contributed by atoms with Gasteiger partial charge in [-0.15, -0.1) is 0 Å². The fourth-order valence-corrected chi connectivity index (χ4v) is 1.80. The molecule has 0 saturated heterocycles. The molecule has 0 amide bonds. The lowest BCUT2D eigenvalue weighted by molar-refractivity contribution is -0.119. The molecule has 0 aliphatic rings. The molecule has 0 aliphatic heterocycles. The third-order valence-corrected chi connectivity index (χ3v) is 2.72. The van der Waals surface area contributed by atoms with Crippen molar-refractivity contribution in [3.05, 3.63) is 23.9 Å². The molecule has 114 valence electrons. The highest BCUT2D eigenvalue weighted by molar-refractivity contribution is 5.46. The van der Waals surface area contributed by atoms with Crippen LogP contribution in [0, 0.1) is 0 Å². The van der Waals surface area contributed by atoms with E-state index >= 15 is 0 Å². The highest BCUT2D eigenvalue weighted by atomic mass is 19.4. The van der Waals surface area contributed by atoms with Crippen LogP contribution in [-0.4, -0.2) is 44.5 Å². The summed E-state index contributed by atoms with van der Waals surface area (Å²) in [5.41, 5.74) is 0.745. The summed E-state index contributed by atoms with van der Waals surface area (Å²) in [7, 11) is 1.60. The van der Waals surface area contributed by atoms with Gasteiger partial charge < -0.3 is 15.0 Å². The molecule has 0 atom stereocenters. The number of methoxy groups -OCH3 is 1. The number of anilines is 1. The van der Waals surface area contributed by atoms with Crippen LogP contribution in [0.2, 0.25) is 0 Å². The number of aromatic nitrogens is 1. The number of hydrogen-bond acceptors (Lipinski definition) is 4. The Labute approximate surface area is 116 Å². The predicted molar refractivity (Wildman–Crippen MR) is 71.8 cm³/mol. The van der Waals surface area contributed by atoms with Crippen LogP contribution >= 0.6 is 0 Å². The second kappa shape index (κ2) is 8.06. The van der Waals surface area contributed by atoms with Crippen molar-refractivity contribution in [3.63, 3.8) is 0 Å². The summed E-state index contributed by atoms with van der Waals surface area (Å²) in [4.78, 5) is 5.32. The van der Waals surface area contributed by atoms with Gasteiger partial charge in [-0.3, -0.25) is 0 Å². The second-order valence-electron chi connectivity index (χ2n) is 4.29. The predicted octanol–water partition coefficient (Wildman–Crippen LogP) is 2.21. The fraction of sp³-hybridized carbons (Fsp3) is 0.615. The Balaban J connectivity index is 2.76. The second-order valence-corrected chi connectivity index (χ2v) is 4.29. The maximum Gasteiger partial charge on any atom is 0.405 e. The molecule has 20 heavy (non-hydrogen) atoms. The number of alkyl halides is 3. The minimum atomic E-state index is -4.24. The molecule has 0 fully saturated rings. The molecule has 0 saturated carbocycles. The van der Waals surface area contributed by atoms with Crippen LogP contribution in [-0.2, 0) is 11.3 Å². The van der Waals surface area contributed by atoms with E-state index in [1.54, 1.807) is 26.2 Å². The first-order chi connectivity index (χ1) is 9.48. The lowest BCUT2D eigenvalue weighted by atomic mass is 10.2. The molecule has 1 N–H and O–H groups in total. The van der Waals surface area contributed by atoms with E-state index in [0.29, 0.717) is 25.5 Å². The van der Waals surface area contributed by atoms with E-state index in [1.165, 1.54) is 11.1 Å². The quantitative estimate of drug-likeness (QED) is 0.745. The minimum Gasteiger partial charge on any atom is -0.383 e. The van der Waals surface area contributed by atoms with Crippen molar-refractivity contribution in [3.8, 4) is 0 Å². The average molecular weight is 291 g/mol. The van der Waals surface area contributed by atoms with Crippen LogP contribution in [0.1, 0.15) is 12.5 Å². The van der Waals surface area contributed by atoms with E-state index in [0.717, 1.165) is 5.56 Å². The van der Waals surface area contributed by atoms with Crippen molar-refractivity contribution in [2.45, 2.75) is 19.6 Å². The molecule has 0 radical (unpaired) electrons. The maximum absolute atomic E-state index is 12.6. The molecule has 1 aromatic heterocycles. The number of ether oxygens (including phenoxy) is 1. The first-order valence-electron chi connectivity index (χ1n) is 6.43. The van der Waals surface area contributed by atoms with E-state index in [-0.39, 0.29) is 6.54 Å². The van der Waals surface area contributed by atoms with Crippen LogP contribution < -0.4 is 10.2 Å². The average Bonchev–Trinajstić information content (AvgIpc) is 2.40. The molecule has 0 bridgehead atoms. The van der Waals surface area contributed by atoms with Crippen LogP contribution in [0.15, 0.2) is 18.3 Å². The molecule has 1 heterocycles. The van der Waals surface area contributed by atoms with Gasteiger partial charge >= 0.3 is 6.18 Å². The molecule has 0 spiro atoms. The van der Waals surface area contributed by atoms with Crippen molar-refractivity contribution in [2.75, 3.05) is 38.3 Å². The first-order valence-corrected chi connectivity index (χ1v) is 6.43. The number of nitrogens with zero attached hydrogens (tertiary/aromatic N) is 2. The third-order valence-electron chi connectivity index (χ3n) is 2.72. The smallest absolute Gasteiger partial charge is 0.383 e. The van der Waals surface area contributed by atoms with Crippen molar-refractivity contribution in [2.24, 2.45) is 0 Å². The molecular weight excluding hydrogens is 271 g/mol. The summed E-state index contributed by atoms with van der Waals surface area (Å²) < 4.78 is 42.6. The van der Waals surface area contributed by atoms with Gasteiger partial charge in [0.1, 0.15) is 12.4 Å². The van der Waals surface area contributed by atoms with Gasteiger partial charge in [-0.25, -0.2) is 4.98 Å². The van der Waals surface area contributed by atoms with E-state index in [1.807, 2.05) is 0 Å². The Morgan fingerprint density at radius 3 is 2.75 bits per heavy atom. The van der Waals surface area contributed by atoms with E-state index in [9.17, 15) is 13.2 Å². The summed E-state index contributed by atoms with van der Waals surface area (Å²) in [6.45, 7) is 2.59. The minimum absolute atomic E-state index is 0.252. The summed E-state index contributed by atoms with van der Waals surface area (Å²) in [6.07, 6.45) is -2.73. The van der Waals surface area contributed by atoms with E-state index in [2.05, 4.69) is 10.3 Å². The Morgan fingerprint density at radius 1 is 1.40 bits per heavy atom. The summed E-state index contributed by atoms with van der Waals surface area (Å²) >= 11 is 0. The van der Waals surface area contributed by atoms with Crippen molar-refractivity contribution in [1.29, 1.82) is 0 Å².